The highest BCUT2D eigenvalue weighted by Gasteiger charge is 2.15. The van der Waals surface area contributed by atoms with Gasteiger partial charge >= 0.3 is 0 Å². The number of aryl methyl sites for hydroxylation is 2. The average molecular weight is 573 g/mol. The SMILES string of the molecule is CCC(C)c1ccc(N(c2ccc(C)cc2)c2ccc(-c3ccc(N(c4ccccc4)c4ccc(C)cc4)cc3)cc2)cc1. The Bertz CT molecular complexity index is 1770. The van der Waals surface area contributed by atoms with Crippen molar-refractivity contribution < 1.29 is 0 Å². The van der Waals surface area contributed by atoms with Crippen LogP contribution >= 0.6 is 0 Å². The molecule has 0 aliphatic heterocycles. The summed E-state index contributed by atoms with van der Waals surface area (Å²) in [6.07, 6.45) is 1.14. The van der Waals surface area contributed by atoms with E-state index < -0.39 is 0 Å². The first kappa shape index (κ1) is 29.0. The third-order valence-electron chi connectivity index (χ3n) is 8.52. The molecular weight excluding hydrogens is 532 g/mol. The molecular formula is C42H40N2. The molecule has 44 heavy (non-hydrogen) atoms. The average Bonchev–Trinajstić information content (AvgIpc) is 3.08. The molecule has 0 radical (unpaired) electrons. The van der Waals surface area contributed by atoms with E-state index in [9.17, 15) is 0 Å². The van der Waals surface area contributed by atoms with E-state index in [1.165, 1.54) is 27.8 Å². The molecule has 6 rings (SSSR count). The van der Waals surface area contributed by atoms with Crippen molar-refractivity contribution in [2.75, 3.05) is 9.80 Å². The minimum Gasteiger partial charge on any atom is -0.311 e. The molecule has 218 valence electrons. The Morgan fingerprint density at radius 2 is 0.727 bits per heavy atom. The number of benzene rings is 6. The van der Waals surface area contributed by atoms with Crippen LogP contribution in [0.5, 0.6) is 0 Å². The topological polar surface area (TPSA) is 6.48 Å². The van der Waals surface area contributed by atoms with Gasteiger partial charge in [0.15, 0.2) is 0 Å². The summed E-state index contributed by atoms with van der Waals surface area (Å²) in [5.74, 6) is 0.555. The minimum atomic E-state index is 0.555. The van der Waals surface area contributed by atoms with Crippen molar-refractivity contribution >= 4 is 34.1 Å². The number of nitrogens with zero attached hydrogens (tertiary/aromatic N) is 2. The van der Waals surface area contributed by atoms with Gasteiger partial charge in [-0.3, -0.25) is 0 Å². The highest BCUT2D eigenvalue weighted by Crippen LogP contribution is 2.38. The molecule has 6 aromatic carbocycles. The van der Waals surface area contributed by atoms with Gasteiger partial charge in [0.1, 0.15) is 0 Å². The third-order valence-corrected chi connectivity index (χ3v) is 8.52. The molecule has 0 saturated heterocycles. The largest absolute Gasteiger partial charge is 0.311 e. The lowest BCUT2D eigenvalue weighted by Gasteiger charge is -2.26. The predicted molar refractivity (Wildman–Crippen MR) is 189 cm³/mol. The maximum atomic E-state index is 2.34. The summed E-state index contributed by atoms with van der Waals surface area (Å²) in [5, 5.41) is 0. The van der Waals surface area contributed by atoms with Gasteiger partial charge in [0.2, 0.25) is 0 Å². The molecule has 0 spiro atoms. The summed E-state index contributed by atoms with van der Waals surface area (Å²) in [5.41, 5.74) is 13.1. The van der Waals surface area contributed by atoms with Crippen molar-refractivity contribution in [2.24, 2.45) is 0 Å². The number of para-hydroxylation sites is 1. The monoisotopic (exact) mass is 572 g/mol. The molecule has 2 heteroatoms. The Hall–Kier alpha value is -5.08. The zero-order valence-corrected chi connectivity index (χ0v) is 26.1. The highest BCUT2D eigenvalue weighted by molar-refractivity contribution is 5.80. The summed E-state index contributed by atoms with van der Waals surface area (Å²) < 4.78 is 0. The second-order valence-corrected chi connectivity index (χ2v) is 11.7. The number of rotatable bonds is 9. The van der Waals surface area contributed by atoms with Crippen molar-refractivity contribution in [1.29, 1.82) is 0 Å². The van der Waals surface area contributed by atoms with Crippen molar-refractivity contribution in [3.05, 3.63) is 168 Å². The van der Waals surface area contributed by atoms with Crippen LogP contribution in [0.4, 0.5) is 34.1 Å². The van der Waals surface area contributed by atoms with Crippen LogP contribution in [0.15, 0.2) is 152 Å². The number of hydrogen-bond acceptors (Lipinski definition) is 2. The standard InChI is InChI=1S/C42H40N2/c1-5-33(4)34-15-25-40(26-16-34)44(39-23-13-32(3)14-24-39)42-29-19-36(20-30-42)35-17-27-41(28-18-35)43(37-9-7-6-8-10-37)38-21-11-31(2)12-22-38/h6-30,33H,5H2,1-4H3. The lowest BCUT2D eigenvalue weighted by molar-refractivity contribution is 0.733. The Morgan fingerprint density at radius 1 is 0.409 bits per heavy atom. The molecule has 0 heterocycles. The molecule has 0 amide bonds. The van der Waals surface area contributed by atoms with E-state index in [4.69, 9.17) is 0 Å². The summed E-state index contributed by atoms with van der Waals surface area (Å²) in [7, 11) is 0. The van der Waals surface area contributed by atoms with E-state index in [1.54, 1.807) is 0 Å². The molecule has 0 aromatic heterocycles. The van der Waals surface area contributed by atoms with Crippen LogP contribution in [0, 0.1) is 13.8 Å². The van der Waals surface area contributed by atoms with E-state index >= 15 is 0 Å². The molecule has 0 fully saturated rings. The molecule has 2 nitrogen and oxygen atoms in total. The van der Waals surface area contributed by atoms with Gasteiger partial charge in [-0.2, -0.15) is 0 Å². The van der Waals surface area contributed by atoms with Crippen LogP contribution in [0.2, 0.25) is 0 Å². The molecule has 1 atom stereocenters. The van der Waals surface area contributed by atoms with Gasteiger partial charge in [-0.25, -0.2) is 0 Å². The van der Waals surface area contributed by atoms with Crippen LogP contribution in [0.3, 0.4) is 0 Å². The Morgan fingerprint density at radius 3 is 1.09 bits per heavy atom. The third kappa shape index (κ3) is 6.31. The van der Waals surface area contributed by atoms with E-state index in [0.29, 0.717) is 5.92 Å². The van der Waals surface area contributed by atoms with Crippen LogP contribution < -0.4 is 9.80 Å². The fourth-order valence-corrected chi connectivity index (χ4v) is 5.65. The first-order chi connectivity index (χ1) is 21.5. The highest BCUT2D eigenvalue weighted by atomic mass is 15.1. The van der Waals surface area contributed by atoms with Gasteiger partial charge in [0.25, 0.3) is 0 Å². The zero-order chi connectivity index (χ0) is 30.5. The quantitative estimate of drug-likeness (QED) is 0.170. The molecule has 0 aliphatic carbocycles. The lowest BCUT2D eigenvalue weighted by Crippen LogP contribution is -2.10. The maximum absolute atomic E-state index is 2.34. The van der Waals surface area contributed by atoms with Crippen molar-refractivity contribution in [1.82, 2.24) is 0 Å². The minimum absolute atomic E-state index is 0.555. The van der Waals surface area contributed by atoms with Crippen molar-refractivity contribution in [3.63, 3.8) is 0 Å². The molecule has 0 saturated carbocycles. The van der Waals surface area contributed by atoms with Crippen molar-refractivity contribution in [3.8, 4) is 11.1 Å². The fourth-order valence-electron chi connectivity index (χ4n) is 5.65. The van der Waals surface area contributed by atoms with Crippen LogP contribution in [-0.4, -0.2) is 0 Å². The second-order valence-electron chi connectivity index (χ2n) is 11.7. The van der Waals surface area contributed by atoms with Gasteiger partial charge in [-0.05, 0) is 116 Å². The summed E-state index contributed by atoms with van der Waals surface area (Å²) in [4.78, 5) is 4.64. The predicted octanol–water partition coefficient (Wildman–Crippen LogP) is 12.4. The molecule has 1 unspecified atom stereocenters. The van der Waals surface area contributed by atoms with Gasteiger partial charge in [0.05, 0.1) is 0 Å². The van der Waals surface area contributed by atoms with Gasteiger partial charge in [0, 0.05) is 34.1 Å². The first-order valence-electron chi connectivity index (χ1n) is 15.6. The summed E-state index contributed by atoms with van der Waals surface area (Å²) in [6, 6.07) is 54.9. The summed E-state index contributed by atoms with van der Waals surface area (Å²) in [6.45, 7) is 8.80. The normalized spacial score (nSPS) is 11.6. The van der Waals surface area contributed by atoms with E-state index in [0.717, 1.165) is 40.5 Å². The van der Waals surface area contributed by atoms with Crippen molar-refractivity contribution in [2.45, 2.75) is 40.0 Å². The zero-order valence-electron chi connectivity index (χ0n) is 26.1. The summed E-state index contributed by atoms with van der Waals surface area (Å²) >= 11 is 0. The first-order valence-corrected chi connectivity index (χ1v) is 15.6. The van der Waals surface area contributed by atoms with Crippen LogP contribution in [0.1, 0.15) is 42.9 Å². The van der Waals surface area contributed by atoms with E-state index in [1.807, 2.05) is 0 Å². The number of hydrogen-bond donors (Lipinski definition) is 0. The van der Waals surface area contributed by atoms with Gasteiger partial charge in [-0.1, -0.05) is 104 Å². The molecule has 6 aromatic rings. The van der Waals surface area contributed by atoms with E-state index in [-0.39, 0.29) is 0 Å². The van der Waals surface area contributed by atoms with E-state index in [2.05, 4.69) is 189 Å². The van der Waals surface area contributed by atoms with Gasteiger partial charge < -0.3 is 9.80 Å². The van der Waals surface area contributed by atoms with Crippen LogP contribution in [0.25, 0.3) is 11.1 Å². The Kier molecular flexibility index (Phi) is 8.61. The molecule has 0 N–H and O–H groups in total. The number of anilines is 6. The second kappa shape index (κ2) is 13.1. The Balaban J connectivity index is 1.30. The van der Waals surface area contributed by atoms with Crippen LogP contribution in [-0.2, 0) is 0 Å². The Labute approximate surface area is 262 Å². The smallest absolute Gasteiger partial charge is 0.0462 e. The molecule has 0 aliphatic rings. The molecule has 0 bridgehead atoms. The lowest BCUT2D eigenvalue weighted by atomic mass is 9.98. The fraction of sp³-hybridized carbons (Fsp3) is 0.143. The maximum Gasteiger partial charge on any atom is 0.0462 e. The van der Waals surface area contributed by atoms with Gasteiger partial charge in [-0.15, -0.1) is 0 Å².